The van der Waals surface area contributed by atoms with Gasteiger partial charge >= 0.3 is 0 Å². The zero-order valence-electron chi connectivity index (χ0n) is 6.98. The third-order valence-electron chi connectivity index (χ3n) is 1.59. The van der Waals surface area contributed by atoms with Gasteiger partial charge in [-0.2, -0.15) is 5.26 Å². The lowest BCUT2D eigenvalue weighted by molar-refractivity contribution is 0.493. The zero-order chi connectivity index (χ0) is 8.65. The van der Waals surface area contributed by atoms with E-state index in [0.717, 1.165) is 13.0 Å². The van der Waals surface area contributed by atoms with Crippen LogP contribution in [-0.2, 0) is 0 Å². The van der Waals surface area contributed by atoms with E-state index >= 15 is 0 Å². The molecule has 0 unspecified atom stereocenters. The second kappa shape index (κ2) is 5.20. The zero-order valence-corrected chi connectivity index (χ0v) is 6.98. The molecule has 0 aromatic carbocycles. The molecule has 0 spiro atoms. The minimum absolute atomic E-state index is 0.631. The highest BCUT2D eigenvalue weighted by Crippen LogP contribution is 2.00. The van der Waals surface area contributed by atoms with Gasteiger partial charge in [0, 0.05) is 25.4 Å². The summed E-state index contributed by atoms with van der Waals surface area (Å²) >= 11 is 0. The molecular formula is C10H12N2. The lowest BCUT2D eigenvalue weighted by atomic mass is 10.3. The standard InChI is InChI=1S/C10H12N2/c11-7-3-6-10-12-8-4-1-2-5-9-12/h1-2,4-5,8-9H,3,6,10H2. The van der Waals surface area contributed by atoms with Crippen molar-refractivity contribution in [3.8, 4) is 6.07 Å². The fourth-order valence-corrected chi connectivity index (χ4v) is 0.988. The molecule has 2 nitrogen and oxygen atoms in total. The van der Waals surface area contributed by atoms with Crippen LogP contribution in [0.4, 0.5) is 0 Å². The molecule has 0 radical (unpaired) electrons. The first-order valence-electron chi connectivity index (χ1n) is 4.08. The maximum Gasteiger partial charge on any atom is 0.0622 e. The normalized spacial score (nSPS) is 14.4. The first kappa shape index (κ1) is 8.61. The summed E-state index contributed by atoms with van der Waals surface area (Å²) in [5.41, 5.74) is 0. The Hall–Kier alpha value is -1.49. The second-order valence-corrected chi connectivity index (χ2v) is 2.57. The summed E-state index contributed by atoms with van der Waals surface area (Å²) in [4.78, 5) is 2.08. The van der Waals surface area contributed by atoms with Gasteiger partial charge in [-0.3, -0.25) is 0 Å². The third-order valence-corrected chi connectivity index (χ3v) is 1.59. The molecule has 1 rings (SSSR count). The number of nitrogens with zero attached hydrogens (tertiary/aromatic N) is 2. The van der Waals surface area contributed by atoms with E-state index in [1.807, 2.05) is 36.7 Å². The highest BCUT2D eigenvalue weighted by atomic mass is 15.1. The minimum atomic E-state index is 0.631. The Labute approximate surface area is 73.1 Å². The van der Waals surface area contributed by atoms with E-state index in [2.05, 4.69) is 11.0 Å². The molecule has 12 heavy (non-hydrogen) atoms. The van der Waals surface area contributed by atoms with Gasteiger partial charge in [-0.1, -0.05) is 12.2 Å². The Morgan fingerprint density at radius 1 is 1.08 bits per heavy atom. The van der Waals surface area contributed by atoms with Crippen LogP contribution in [-0.4, -0.2) is 11.4 Å². The van der Waals surface area contributed by atoms with Crippen LogP contribution in [0.5, 0.6) is 0 Å². The van der Waals surface area contributed by atoms with Gasteiger partial charge in [0.2, 0.25) is 0 Å². The number of allylic oxidation sites excluding steroid dienone is 4. The quantitative estimate of drug-likeness (QED) is 0.592. The summed E-state index contributed by atoms with van der Waals surface area (Å²) in [5, 5.41) is 8.33. The van der Waals surface area contributed by atoms with Gasteiger partial charge < -0.3 is 4.90 Å². The van der Waals surface area contributed by atoms with Crippen molar-refractivity contribution in [1.29, 1.82) is 5.26 Å². The molecule has 0 N–H and O–H groups in total. The van der Waals surface area contributed by atoms with Crippen LogP contribution < -0.4 is 0 Å². The highest BCUT2D eigenvalue weighted by Gasteiger charge is 1.93. The second-order valence-electron chi connectivity index (χ2n) is 2.57. The molecule has 0 saturated heterocycles. The lowest BCUT2D eigenvalue weighted by Crippen LogP contribution is -2.10. The molecule has 1 heterocycles. The molecule has 0 fully saturated rings. The summed E-state index contributed by atoms with van der Waals surface area (Å²) in [7, 11) is 0. The molecule has 1 aliphatic rings. The first-order valence-corrected chi connectivity index (χ1v) is 4.08. The fraction of sp³-hybridized carbons (Fsp3) is 0.300. The molecular weight excluding hydrogens is 148 g/mol. The predicted molar refractivity (Wildman–Crippen MR) is 49.0 cm³/mol. The largest absolute Gasteiger partial charge is 0.354 e. The van der Waals surface area contributed by atoms with Crippen molar-refractivity contribution < 1.29 is 0 Å². The Morgan fingerprint density at radius 3 is 2.33 bits per heavy atom. The maximum atomic E-state index is 8.33. The van der Waals surface area contributed by atoms with E-state index in [0.29, 0.717) is 6.42 Å². The van der Waals surface area contributed by atoms with Crippen molar-refractivity contribution in [1.82, 2.24) is 4.90 Å². The van der Waals surface area contributed by atoms with Crippen molar-refractivity contribution in [2.24, 2.45) is 0 Å². The van der Waals surface area contributed by atoms with Gasteiger partial charge in [0.1, 0.15) is 0 Å². The summed E-state index contributed by atoms with van der Waals surface area (Å²) in [6.45, 7) is 0.919. The summed E-state index contributed by atoms with van der Waals surface area (Å²) in [6.07, 6.45) is 13.5. The van der Waals surface area contributed by atoms with E-state index in [9.17, 15) is 0 Å². The molecule has 0 atom stereocenters. The van der Waals surface area contributed by atoms with Gasteiger partial charge in [0.25, 0.3) is 0 Å². The fourth-order valence-electron chi connectivity index (χ4n) is 0.988. The number of hydrogen-bond donors (Lipinski definition) is 0. The summed E-state index contributed by atoms with van der Waals surface area (Å²) < 4.78 is 0. The van der Waals surface area contributed by atoms with E-state index in [1.165, 1.54) is 0 Å². The molecule has 0 bridgehead atoms. The van der Waals surface area contributed by atoms with Gasteiger partial charge in [-0.25, -0.2) is 0 Å². The van der Waals surface area contributed by atoms with Crippen LogP contribution in [0, 0.1) is 11.3 Å². The van der Waals surface area contributed by atoms with Crippen LogP contribution in [0.3, 0.4) is 0 Å². The smallest absolute Gasteiger partial charge is 0.0622 e. The molecule has 2 heteroatoms. The predicted octanol–water partition coefficient (Wildman–Crippen LogP) is 2.19. The summed E-state index contributed by atoms with van der Waals surface area (Å²) in [6, 6.07) is 2.13. The van der Waals surface area contributed by atoms with Crippen molar-refractivity contribution in [2.45, 2.75) is 12.8 Å². The Morgan fingerprint density at radius 2 is 1.75 bits per heavy atom. The SMILES string of the molecule is N#CCCCN1C=CC=CC=C1. The van der Waals surface area contributed by atoms with E-state index in [-0.39, 0.29) is 0 Å². The molecule has 0 saturated carbocycles. The van der Waals surface area contributed by atoms with Gasteiger partial charge in [-0.15, -0.1) is 0 Å². The van der Waals surface area contributed by atoms with Crippen molar-refractivity contribution in [2.75, 3.05) is 6.54 Å². The number of rotatable bonds is 3. The van der Waals surface area contributed by atoms with Crippen molar-refractivity contribution in [3.63, 3.8) is 0 Å². The van der Waals surface area contributed by atoms with Crippen LogP contribution in [0.25, 0.3) is 0 Å². The monoisotopic (exact) mass is 160 g/mol. The molecule has 0 aliphatic carbocycles. The molecule has 0 aromatic heterocycles. The number of nitriles is 1. The Kier molecular flexibility index (Phi) is 3.73. The molecule has 62 valence electrons. The first-order chi connectivity index (χ1) is 5.93. The number of unbranched alkanes of at least 4 members (excludes halogenated alkanes) is 1. The van der Waals surface area contributed by atoms with E-state index < -0.39 is 0 Å². The molecule has 0 aromatic rings. The third kappa shape index (κ3) is 3.07. The van der Waals surface area contributed by atoms with E-state index in [1.54, 1.807) is 0 Å². The topological polar surface area (TPSA) is 27.0 Å². The van der Waals surface area contributed by atoms with Crippen LogP contribution in [0.1, 0.15) is 12.8 Å². The molecule has 0 amide bonds. The van der Waals surface area contributed by atoms with Crippen LogP contribution in [0.2, 0.25) is 0 Å². The average Bonchev–Trinajstić information content (AvgIpc) is 2.33. The molecule has 1 aliphatic heterocycles. The van der Waals surface area contributed by atoms with Crippen LogP contribution in [0.15, 0.2) is 36.7 Å². The van der Waals surface area contributed by atoms with Gasteiger partial charge in [0.05, 0.1) is 6.07 Å². The van der Waals surface area contributed by atoms with Crippen molar-refractivity contribution in [3.05, 3.63) is 36.7 Å². The van der Waals surface area contributed by atoms with Gasteiger partial charge in [-0.05, 0) is 18.6 Å². The van der Waals surface area contributed by atoms with Gasteiger partial charge in [0.15, 0.2) is 0 Å². The van der Waals surface area contributed by atoms with E-state index in [4.69, 9.17) is 5.26 Å². The minimum Gasteiger partial charge on any atom is -0.354 e. The Bertz CT molecular complexity index is 227. The van der Waals surface area contributed by atoms with Crippen LogP contribution >= 0.6 is 0 Å². The lowest BCUT2D eigenvalue weighted by Gasteiger charge is -2.12. The van der Waals surface area contributed by atoms with Crippen molar-refractivity contribution >= 4 is 0 Å². The number of hydrogen-bond acceptors (Lipinski definition) is 2. The maximum absolute atomic E-state index is 8.33. The average molecular weight is 160 g/mol. The highest BCUT2D eigenvalue weighted by molar-refractivity contribution is 5.15. The Balaban J connectivity index is 2.29. The summed E-state index contributed by atoms with van der Waals surface area (Å²) in [5.74, 6) is 0.